The van der Waals surface area contributed by atoms with Gasteiger partial charge in [-0.15, -0.1) is 0 Å². The van der Waals surface area contributed by atoms with E-state index in [0.717, 1.165) is 96.3 Å². The number of carbonyl (C=O) groups is 3. The van der Waals surface area contributed by atoms with Crippen LogP contribution >= 0.6 is 0 Å². The normalized spacial score (nSPS) is 12.2. The molecule has 0 amide bonds. The molecule has 422 valence electrons. The number of unbranched alkanes of at least 4 members (excludes halogenated alkanes) is 42. The van der Waals surface area contributed by atoms with Gasteiger partial charge in [0.2, 0.25) is 0 Å². The predicted molar refractivity (Wildman–Crippen MR) is 312 cm³/mol. The van der Waals surface area contributed by atoms with Crippen LogP contribution in [0, 0.1) is 0 Å². The third-order valence-corrected chi connectivity index (χ3v) is 14.4. The lowest BCUT2D eigenvalue weighted by Gasteiger charge is -2.18. The van der Waals surface area contributed by atoms with E-state index in [2.05, 4.69) is 57.2 Å². The number of hydrogen-bond donors (Lipinski definition) is 0. The van der Waals surface area contributed by atoms with Crippen LogP contribution in [0.2, 0.25) is 0 Å². The summed E-state index contributed by atoms with van der Waals surface area (Å²) in [6.07, 6.45) is 74.9. The lowest BCUT2D eigenvalue weighted by molar-refractivity contribution is -0.167. The zero-order chi connectivity index (χ0) is 52.2. The van der Waals surface area contributed by atoms with E-state index in [-0.39, 0.29) is 31.1 Å². The predicted octanol–water partition coefficient (Wildman–Crippen LogP) is 21.6. The van der Waals surface area contributed by atoms with E-state index in [1.54, 1.807) is 0 Å². The number of hydrogen-bond acceptors (Lipinski definition) is 6. The zero-order valence-electron chi connectivity index (χ0n) is 48.5. The van der Waals surface area contributed by atoms with Gasteiger partial charge in [0.05, 0.1) is 0 Å². The van der Waals surface area contributed by atoms with Gasteiger partial charge >= 0.3 is 17.9 Å². The first-order chi connectivity index (χ1) is 35.5. The third-order valence-electron chi connectivity index (χ3n) is 14.4. The number of carbonyl (C=O) groups excluding carboxylic acids is 3. The number of esters is 3. The molecule has 0 rings (SSSR count). The van der Waals surface area contributed by atoms with Gasteiger partial charge in [0.1, 0.15) is 13.2 Å². The van der Waals surface area contributed by atoms with Gasteiger partial charge in [0, 0.05) is 19.3 Å². The minimum atomic E-state index is -0.776. The van der Waals surface area contributed by atoms with Crippen LogP contribution in [0.1, 0.15) is 348 Å². The average molecular weight is 1010 g/mol. The van der Waals surface area contributed by atoms with E-state index >= 15 is 0 Å². The van der Waals surface area contributed by atoms with Crippen LogP contribution in [0.5, 0.6) is 0 Å². The molecule has 0 heterocycles. The molecule has 0 aromatic carbocycles. The molecule has 6 heteroatoms. The second kappa shape index (κ2) is 61.2. The molecule has 1 unspecified atom stereocenters. The van der Waals surface area contributed by atoms with Crippen LogP contribution in [0.25, 0.3) is 0 Å². The Kier molecular flexibility index (Phi) is 59.2. The van der Waals surface area contributed by atoms with Crippen LogP contribution < -0.4 is 0 Å². The number of rotatable bonds is 59. The number of ether oxygens (including phenoxy) is 3. The molecule has 0 saturated carbocycles. The molecule has 1 atom stereocenters. The topological polar surface area (TPSA) is 78.9 Å². The van der Waals surface area contributed by atoms with Crippen molar-refractivity contribution in [3.8, 4) is 0 Å². The molecule has 0 fully saturated rings. The minimum Gasteiger partial charge on any atom is -0.462 e. The molecular weight excluding hydrogens is 889 g/mol. The van der Waals surface area contributed by atoms with Crippen molar-refractivity contribution in [3.05, 3.63) is 36.5 Å². The molecule has 6 nitrogen and oxygen atoms in total. The van der Waals surface area contributed by atoms with E-state index in [1.807, 2.05) is 0 Å². The third kappa shape index (κ3) is 58.5. The highest BCUT2D eigenvalue weighted by Crippen LogP contribution is 2.18. The summed E-state index contributed by atoms with van der Waals surface area (Å²) in [6.45, 7) is 6.52. The maximum Gasteiger partial charge on any atom is 0.306 e. The Morgan fingerprint density at radius 3 is 0.847 bits per heavy atom. The summed E-state index contributed by atoms with van der Waals surface area (Å²) in [7, 11) is 0. The molecule has 0 aromatic rings. The van der Waals surface area contributed by atoms with Gasteiger partial charge in [-0.25, -0.2) is 0 Å². The molecule has 0 aliphatic heterocycles. The van der Waals surface area contributed by atoms with Crippen LogP contribution in [0.3, 0.4) is 0 Å². The Hall–Kier alpha value is -2.37. The summed E-state index contributed by atoms with van der Waals surface area (Å²) in [5, 5.41) is 0. The lowest BCUT2D eigenvalue weighted by Crippen LogP contribution is -2.30. The van der Waals surface area contributed by atoms with Crippen molar-refractivity contribution in [2.24, 2.45) is 0 Å². The van der Waals surface area contributed by atoms with Gasteiger partial charge in [0.15, 0.2) is 6.10 Å². The molecule has 0 aliphatic carbocycles. The van der Waals surface area contributed by atoms with Gasteiger partial charge in [-0.2, -0.15) is 0 Å². The SMILES string of the molecule is CC/C=C\C/C=C\C/C=C\CCCCCCCC(=O)OC(COC(=O)CCCCCCCCC)COC(=O)CCCCCCCCCCCCCCCCCCCCCCCCCCCCCCCCCC. The second-order valence-corrected chi connectivity index (χ2v) is 21.7. The molecule has 0 spiro atoms. The Morgan fingerprint density at radius 1 is 0.292 bits per heavy atom. The molecule has 72 heavy (non-hydrogen) atoms. The van der Waals surface area contributed by atoms with Crippen LogP contribution in [0.15, 0.2) is 36.5 Å². The largest absolute Gasteiger partial charge is 0.462 e. The van der Waals surface area contributed by atoms with Crippen molar-refractivity contribution in [3.63, 3.8) is 0 Å². The van der Waals surface area contributed by atoms with Crippen molar-refractivity contribution in [2.75, 3.05) is 13.2 Å². The summed E-state index contributed by atoms with van der Waals surface area (Å²) in [5.41, 5.74) is 0. The van der Waals surface area contributed by atoms with Crippen LogP contribution in [0.4, 0.5) is 0 Å². The van der Waals surface area contributed by atoms with Crippen molar-refractivity contribution in [1.82, 2.24) is 0 Å². The zero-order valence-corrected chi connectivity index (χ0v) is 48.5. The van der Waals surface area contributed by atoms with Gasteiger partial charge in [-0.3, -0.25) is 14.4 Å². The highest BCUT2D eigenvalue weighted by Gasteiger charge is 2.19. The summed E-state index contributed by atoms with van der Waals surface area (Å²) < 4.78 is 16.8. The first kappa shape index (κ1) is 69.6. The van der Waals surface area contributed by atoms with Crippen LogP contribution in [-0.4, -0.2) is 37.2 Å². The van der Waals surface area contributed by atoms with E-state index in [9.17, 15) is 14.4 Å². The first-order valence-electron chi connectivity index (χ1n) is 32.0. The minimum absolute atomic E-state index is 0.0753. The smallest absolute Gasteiger partial charge is 0.306 e. The van der Waals surface area contributed by atoms with E-state index < -0.39 is 6.10 Å². The molecule has 0 aromatic heterocycles. The number of allylic oxidation sites excluding steroid dienone is 6. The quantitative estimate of drug-likeness (QED) is 0.0261. The van der Waals surface area contributed by atoms with Gasteiger partial charge in [-0.05, 0) is 51.4 Å². The Labute approximate surface area is 448 Å². The Balaban J connectivity index is 3.95. The van der Waals surface area contributed by atoms with Gasteiger partial charge in [-0.1, -0.05) is 314 Å². The van der Waals surface area contributed by atoms with Gasteiger partial charge < -0.3 is 14.2 Å². The highest BCUT2D eigenvalue weighted by molar-refractivity contribution is 5.71. The fourth-order valence-electron chi connectivity index (χ4n) is 9.64. The maximum absolute atomic E-state index is 12.8. The van der Waals surface area contributed by atoms with E-state index in [0.29, 0.717) is 19.3 Å². The van der Waals surface area contributed by atoms with E-state index in [4.69, 9.17) is 14.2 Å². The van der Waals surface area contributed by atoms with Crippen molar-refractivity contribution in [2.45, 2.75) is 354 Å². The molecular formula is C66H122O6. The average Bonchev–Trinajstić information content (AvgIpc) is 3.38. The van der Waals surface area contributed by atoms with Gasteiger partial charge in [0.25, 0.3) is 0 Å². The molecule has 0 radical (unpaired) electrons. The Morgan fingerprint density at radius 2 is 0.542 bits per heavy atom. The molecule has 0 N–H and O–H groups in total. The Bertz CT molecular complexity index is 1210. The fraction of sp³-hybridized carbons (Fsp3) is 0.864. The second-order valence-electron chi connectivity index (χ2n) is 21.7. The summed E-state index contributed by atoms with van der Waals surface area (Å²) in [4.78, 5) is 38.0. The lowest BCUT2D eigenvalue weighted by atomic mass is 10.0. The monoisotopic (exact) mass is 1010 g/mol. The van der Waals surface area contributed by atoms with Crippen LogP contribution in [-0.2, 0) is 28.6 Å². The highest BCUT2D eigenvalue weighted by atomic mass is 16.6. The summed E-state index contributed by atoms with van der Waals surface area (Å²) in [6, 6.07) is 0. The molecule has 0 bridgehead atoms. The van der Waals surface area contributed by atoms with Crippen molar-refractivity contribution < 1.29 is 28.6 Å². The summed E-state index contributed by atoms with van der Waals surface area (Å²) >= 11 is 0. The van der Waals surface area contributed by atoms with Crippen molar-refractivity contribution >= 4 is 17.9 Å². The van der Waals surface area contributed by atoms with E-state index in [1.165, 1.54) is 212 Å². The molecule has 0 saturated heterocycles. The van der Waals surface area contributed by atoms with Crippen molar-refractivity contribution in [1.29, 1.82) is 0 Å². The standard InChI is InChI=1S/C66H122O6/c1-4-7-10-13-16-18-20-22-24-25-26-27-28-29-30-31-32-33-34-35-36-37-38-39-40-42-43-45-47-50-53-56-59-65(68)71-62-63(61-70-64(67)58-55-52-49-15-12-9-6-3)72-66(69)60-57-54-51-48-46-44-41-23-21-19-17-14-11-8-5-2/h8,11,17,19,23,41,63H,4-7,9-10,12-16,18,20-22,24-40,42-62H2,1-3H3/b11-8-,19-17-,41-23-. The molecule has 0 aliphatic rings. The first-order valence-corrected chi connectivity index (χ1v) is 32.0. The maximum atomic E-state index is 12.8. The summed E-state index contributed by atoms with van der Waals surface area (Å²) in [5.74, 6) is -0.882. The fourth-order valence-corrected chi connectivity index (χ4v) is 9.64.